The van der Waals surface area contributed by atoms with Gasteiger partial charge in [-0.15, -0.1) is 0 Å². The fourth-order valence-corrected chi connectivity index (χ4v) is 3.31. The Labute approximate surface area is 136 Å². The number of rotatable bonds is 5. The molecule has 2 rings (SSSR count). The van der Waals surface area contributed by atoms with Crippen molar-refractivity contribution in [1.29, 1.82) is 0 Å². The summed E-state index contributed by atoms with van der Waals surface area (Å²) in [5.74, 6) is -0.920. The lowest BCUT2D eigenvalue weighted by Gasteiger charge is -2.32. The first-order chi connectivity index (χ1) is 10.7. The van der Waals surface area contributed by atoms with Gasteiger partial charge in [-0.2, -0.15) is 0 Å². The second kappa shape index (κ2) is 6.87. The van der Waals surface area contributed by atoms with E-state index in [1.807, 2.05) is 32.9 Å². The molecule has 7 heteroatoms. The van der Waals surface area contributed by atoms with Crippen LogP contribution in [0.5, 0.6) is 5.75 Å². The molecular formula is C16H21O6P. The van der Waals surface area contributed by atoms with Crippen molar-refractivity contribution in [3.05, 3.63) is 42.2 Å². The van der Waals surface area contributed by atoms with E-state index in [9.17, 15) is 9.36 Å². The van der Waals surface area contributed by atoms with Crippen LogP contribution < -0.4 is 4.74 Å². The summed E-state index contributed by atoms with van der Waals surface area (Å²) in [4.78, 5) is 11.9. The number of carbonyl (C=O) groups is 1. The summed E-state index contributed by atoms with van der Waals surface area (Å²) in [7, 11) is -3.82. The molecule has 0 radical (unpaired) electrons. The number of aryl methyl sites for hydroxylation is 1. The van der Waals surface area contributed by atoms with E-state index >= 15 is 0 Å². The third kappa shape index (κ3) is 4.93. The van der Waals surface area contributed by atoms with Crippen LogP contribution in [0.25, 0.3) is 0 Å². The van der Waals surface area contributed by atoms with Crippen LogP contribution in [0.1, 0.15) is 26.3 Å². The third-order valence-electron chi connectivity index (χ3n) is 3.22. The van der Waals surface area contributed by atoms with E-state index in [1.165, 1.54) is 0 Å². The maximum absolute atomic E-state index is 12.2. The Hall–Kier alpha value is -1.62. The van der Waals surface area contributed by atoms with E-state index in [4.69, 9.17) is 18.3 Å². The Bertz CT molecular complexity index is 620. The number of esters is 1. The number of hydrogen-bond donors (Lipinski definition) is 0. The Balaban J connectivity index is 1.92. The molecule has 1 fully saturated rings. The van der Waals surface area contributed by atoms with E-state index < -0.39 is 19.6 Å². The molecule has 0 unspecified atom stereocenters. The first kappa shape index (κ1) is 17.7. The number of ether oxygens (including phenoxy) is 1. The minimum atomic E-state index is -3.82. The average Bonchev–Trinajstić information content (AvgIpc) is 2.51. The first-order valence-electron chi connectivity index (χ1n) is 7.32. The third-order valence-corrected chi connectivity index (χ3v) is 4.55. The van der Waals surface area contributed by atoms with Crippen LogP contribution in [-0.2, 0) is 29.4 Å². The van der Waals surface area contributed by atoms with E-state index in [-0.39, 0.29) is 18.6 Å². The summed E-state index contributed by atoms with van der Waals surface area (Å²) < 4.78 is 32.6. The molecule has 1 aromatic rings. The zero-order chi connectivity index (χ0) is 17.1. The second-order valence-electron chi connectivity index (χ2n) is 6.06. The molecule has 0 aliphatic carbocycles. The molecule has 0 aromatic heterocycles. The number of phosphoric ester groups is 1. The summed E-state index contributed by atoms with van der Waals surface area (Å²) in [5, 5.41) is 0. The minimum absolute atomic E-state index is 0.199. The molecule has 1 aliphatic rings. The van der Waals surface area contributed by atoms with Gasteiger partial charge in [-0.25, -0.2) is 9.36 Å². The zero-order valence-electron chi connectivity index (χ0n) is 13.5. The van der Waals surface area contributed by atoms with Gasteiger partial charge in [0.15, 0.2) is 0 Å². The molecule has 0 saturated carbocycles. The van der Waals surface area contributed by atoms with E-state index in [2.05, 4.69) is 6.58 Å². The molecule has 1 aromatic carbocycles. The monoisotopic (exact) mass is 340 g/mol. The van der Waals surface area contributed by atoms with Crippen LogP contribution in [0.15, 0.2) is 36.6 Å². The highest BCUT2D eigenvalue weighted by molar-refractivity contribution is 7.48. The van der Waals surface area contributed by atoms with Gasteiger partial charge in [0.2, 0.25) is 5.76 Å². The predicted molar refractivity (Wildman–Crippen MR) is 85.0 cm³/mol. The smallest absolute Gasteiger partial charge is 0.421 e. The van der Waals surface area contributed by atoms with Crippen LogP contribution >= 0.6 is 7.82 Å². The minimum Gasteiger partial charge on any atom is -0.421 e. The van der Waals surface area contributed by atoms with Gasteiger partial charge >= 0.3 is 13.8 Å². The van der Waals surface area contributed by atoms with Crippen molar-refractivity contribution in [1.82, 2.24) is 0 Å². The standard InChI is InChI=1S/C16H21O6P/c1-5-13-6-8-14(9-7-13)21-15(17)12(2)22-23(18)19-10-16(3,4)11-20-23/h6-9H,2,5,10-11H2,1,3-4H3. The molecule has 1 heterocycles. The molecule has 23 heavy (non-hydrogen) atoms. The van der Waals surface area contributed by atoms with Gasteiger partial charge in [0.25, 0.3) is 0 Å². The van der Waals surface area contributed by atoms with Crippen LogP contribution in [0, 0.1) is 5.41 Å². The van der Waals surface area contributed by atoms with E-state index in [0.29, 0.717) is 5.75 Å². The number of phosphoric acid groups is 1. The molecule has 126 valence electrons. The van der Waals surface area contributed by atoms with Gasteiger partial charge < -0.3 is 9.26 Å². The summed E-state index contributed by atoms with van der Waals surface area (Å²) in [6.07, 6.45) is 0.887. The fraction of sp³-hybridized carbons (Fsp3) is 0.438. The number of carbonyl (C=O) groups excluding carboxylic acids is 1. The van der Waals surface area contributed by atoms with Crippen molar-refractivity contribution in [2.45, 2.75) is 27.2 Å². The Morgan fingerprint density at radius 3 is 2.35 bits per heavy atom. The molecule has 0 spiro atoms. The van der Waals surface area contributed by atoms with Crippen molar-refractivity contribution < 1.29 is 27.7 Å². The lowest BCUT2D eigenvalue weighted by molar-refractivity contribution is -0.133. The topological polar surface area (TPSA) is 71.1 Å². The Kier molecular flexibility index (Phi) is 5.30. The van der Waals surface area contributed by atoms with Gasteiger partial charge in [-0.1, -0.05) is 32.9 Å². The van der Waals surface area contributed by atoms with Crippen molar-refractivity contribution in [2.24, 2.45) is 5.41 Å². The lowest BCUT2D eigenvalue weighted by atomic mass is 9.97. The van der Waals surface area contributed by atoms with Crippen molar-refractivity contribution in [2.75, 3.05) is 13.2 Å². The van der Waals surface area contributed by atoms with Gasteiger partial charge in [0, 0.05) is 5.41 Å². The molecule has 1 aliphatic heterocycles. The summed E-state index contributed by atoms with van der Waals surface area (Å²) in [6, 6.07) is 7.04. The first-order valence-corrected chi connectivity index (χ1v) is 8.78. The van der Waals surface area contributed by atoms with Crippen molar-refractivity contribution in [3.63, 3.8) is 0 Å². The molecule has 0 bridgehead atoms. The normalized spacial score (nSPS) is 18.9. The zero-order valence-corrected chi connectivity index (χ0v) is 14.4. The van der Waals surface area contributed by atoms with Gasteiger partial charge in [0.1, 0.15) is 5.75 Å². The van der Waals surface area contributed by atoms with Crippen LogP contribution in [-0.4, -0.2) is 19.2 Å². The second-order valence-corrected chi connectivity index (χ2v) is 7.65. The summed E-state index contributed by atoms with van der Waals surface area (Å²) >= 11 is 0. The highest BCUT2D eigenvalue weighted by atomic mass is 31.2. The molecular weight excluding hydrogens is 319 g/mol. The highest BCUT2D eigenvalue weighted by Crippen LogP contribution is 2.55. The van der Waals surface area contributed by atoms with Crippen LogP contribution in [0.2, 0.25) is 0 Å². The van der Waals surface area contributed by atoms with Gasteiger partial charge in [0.05, 0.1) is 13.2 Å². The lowest BCUT2D eigenvalue weighted by Crippen LogP contribution is -2.30. The SMILES string of the molecule is C=C(OP1(=O)OCC(C)(C)CO1)C(=O)Oc1ccc(CC)cc1. The molecule has 0 N–H and O–H groups in total. The quantitative estimate of drug-likeness (QED) is 0.266. The Morgan fingerprint density at radius 2 is 1.83 bits per heavy atom. The largest absolute Gasteiger partial charge is 0.530 e. The fourth-order valence-electron chi connectivity index (χ4n) is 1.77. The number of benzene rings is 1. The molecule has 1 saturated heterocycles. The summed E-state index contributed by atoms with van der Waals surface area (Å²) in [5.41, 5.74) is 0.857. The van der Waals surface area contributed by atoms with E-state index in [1.54, 1.807) is 12.1 Å². The van der Waals surface area contributed by atoms with Gasteiger partial charge in [-0.05, 0) is 30.7 Å². The van der Waals surface area contributed by atoms with Crippen molar-refractivity contribution in [3.8, 4) is 5.75 Å². The maximum atomic E-state index is 12.2. The Morgan fingerprint density at radius 1 is 1.26 bits per heavy atom. The molecule has 6 nitrogen and oxygen atoms in total. The van der Waals surface area contributed by atoms with Gasteiger partial charge in [-0.3, -0.25) is 9.05 Å². The maximum Gasteiger partial charge on any atom is 0.530 e. The highest BCUT2D eigenvalue weighted by Gasteiger charge is 2.40. The predicted octanol–water partition coefficient (Wildman–Crippen LogP) is 3.87. The van der Waals surface area contributed by atoms with Crippen LogP contribution in [0.3, 0.4) is 0 Å². The van der Waals surface area contributed by atoms with E-state index in [0.717, 1.165) is 12.0 Å². The molecule has 0 atom stereocenters. The number of hydrogen-bond acceptors (Lipinski definition) is 6. The van der Waals surface area contributed by atoms with Crippen molar-refractivity contribution >= 4 is 13.8 Å². The van der Waals surface area contributed by atoms with Crippen LogP contribution in [0.4, 0.5) is 0 Å². The summed E-state index contributed by atoms with van der Waals surface area (Å²) in [6.45, 7) is 9.66. The molecule has 0 amide bonds. The average molecular weight is 340 g/mol.